The number of fused-ring (bicyclic) bond motifs is 1. The van der Waals surface area contributed by atoms with Gasteiger partial charge < -0.3 is 4.74 Å². The van der Waals surface area contributed by atoms with Crippen molar-refractivity contribution in [3.63, 3.8) is 0 Å². The van der Waals surface area contributed by atoms with E-state index in [-0.39, 0.29) is 5.56 Å². The van der Waals surface area contributed by atoms with Crippen LogP contribution in [0.3, 0.4) is 0 Å². The van der Waals surface area contributed by atoms with Gasteiger partial charge in [0.05, 0.1) is 18.7 Å². The maximum absolute atomic E-state index is 13.1. The molecule has 0 aliphatic carbocycles. The van der Waals surface area contributed by atoms with Gasteiger partial charge in [0.15, 0.2) is 5.16 Å². The highest BCUT2D eigenvalue weighted by atomic mass is 32.2. The fourth-order valence-corrected chi connectivity index (χ4v) is 5.29. The van der Waals surface area contributed by atoms with Crippen LogP contribution in [0.2, 0.25) is 0 Å². The first-order chi connectivity index (χ1) is 13.8. The smallest absolute Gasteiger partial charge is 0.272 e. The summed E-state index contributed by atoms with van der Waals surface area (Å²) in [4.78, 5) is 21.4. The Labute approximate surface area is 172 Å². The van der Waals surface area contributed by atoms with Gasteiger partial charge in [-0.15, -0.1) is 17.9 Å². The standard InChI is InChI=1S/C21H23N3O2S2/c1-2-8-24-20(25)19-17(15-18(28-19)16-6-4-3-5-7-16)22-21(24)27-14-11-23-9-12-26-13-10-23/h2-7,15H,1,8-14H2. The fraction of sp³-hybridized carbons (Fsp3) is 0.333. The van der Waals surface area contributed by atoms with Gasteiger partial charge in [-0.1, -0.05) is 48.2 Å². The van der Waals surface area contributed by atoms with Crippen LogP contribution in [-0.2, 0) is 11.3 Å². The van der Waals surface area contributed by atoms with Crippen LogP contribution in [0, 0.1) is 0 Å². The van der Waals surface area contributed by atoms with Gasteiger partial charge in [0, 0.05) is 36.8 Å². The third kappa shape index (κ3) is 4.22. The van der Waals surface area contributed by atoms with Crippen molar-refractivity contribution in [3.8, 4) is 10.4 Å². The molecule has 1 aliphatic rings. The van der Waals surface area contributed by atoms with Crippen LogP contribution >= 0.6 is 23.1 Å². The first-order valence-corrected chi connectivity index (χ1v) is 11.2. The van der Waals surface area contributed by atoms with E-state index in [0.717, 1.165) is 59.7 Å². The average Bonchev–Trinajstić information content (AvgIpc) is 3.17. The summed E-state index contributed by atoms with van der Waals surface area (Å²) in [6.45, 7) is 8.79. The van der Waals surface area contributed by atoms with Crippen LogP contribution in [0.15, 0.2) is 59.0 Å². The summed E-state index contributed by atoms with van der Waals surface area (Å²) in [5, 5.41) is 0.767. The molecule has 7 heteroatoms. The Morgan fingerprint density at radius 3 is 2.79 bits per heavy atom. The molecule has 0 atom stereocenters. The molecule has 28 heavy (non-hydrogen) atoms. The summed E-state index contributed by atoms with van der Waals surface area (Å²) in [5.74, 6) is 0.894. The summed E-state index contributed by atoms with van der Waals surface area (Å²) in [7, 11) is 0. The predicted octanol–water partition coefficient (Wildman–Crippen LogP) is 3.74. The molecule has 1 aromatic carbocycles. The lowest BCUT2D eigenvalue weighted by Crippen LogP contribution is -2.37. The molecule has 1 saturated heterocycles. The molecule has 5 nitrogen and oxygen atoms in total. The zero-order chi connectivity index (χ0) is 19.3. The number of hydrogen-bond donors (Lipinski definition) is 0. The molecular formula is C21H23N3O2S2. The van der Waals surface area contributed by atoms with Crippen LogP contribution in [0.5, 0.6) is 0 Å². The zero-order valence-corrected chi connectivity index (χ0v) is 17.3. The van der Waals surface area contributed by atoms with Crippen LogP contribution in [0.25, 0.3) is 20.7 Å². The van der Waals surface area contributed by atoms with Crippen molar-refractivity contribution >= 4 is 33.3 Å². The van der Waals surface area contributed by atoms with Crippen molar-refractivity contribution in [3.05, 3.63) is 59.4 Å². The predicted molar refractivity (Wildman–Crippen MR) is 117 cm³/mol. The van der Waals surface area contributed by atoms with Crippen LogP contribution in [0.1, 0.15) is 0 Å². The van der Waals surface area contributed by atoms with E-state index in [1.165, 1.54) is 11.3 Å². The van der Waals surface area contributed by atoms with Gasteiger partial charge in [0.25, 0.3) is 5.56 Å². The van der Waals surface area contributed by atoms with Crippen molar-refractivity contribution in [1.82, 2.24) is 14.5 Å². The second-order valence-electron chi connectivity index (χ2n) is 6.59. The maximum atomic E-state index is 13.1. The highest BCUT2D eigenvalue weighted by Gasteiger charge is 2.16. The van der Waals surface area contributed by atoms with Gasteiger partial charge in [-0.2, -0.15) is 0 Å². The summed E-state index contributed by atoms with van der Waals surface area (Å²) >= 11 is 3.15. The first-order valence-electron chi connectivity index (χ1n) is 9.40. The second-order valence-corrected chi connectivity index (χ2v) is 8.71. The number of aromatic nitrogens is 2. The summed E-state index contributed by atoms with van der Waals surface area (Å²) in [6.07, 6.45) is 1.76. The van der Waals surface area contributed by atoms with E-state index in [0.29, 0.717) is 11.2 Å². The number of benzene rings is 1. The van der Waals surface area contributed by atoms with Crippen molar-refractivity contribution in [2.75, 3.05) is 38.6 Å². The number of thiophene rings is 1. The highest BCUT2D eigenvalue weighted by Crippen LogP contribution is 2.32. The molecule has 0 unspecified atom stereocenters. The lowest BCUT2D eigenvalue weighted by Gasteiger charge is -2.26. The maximum Gasteiger partial charge on any atom is 0.272 e. The molecule has 0 amide bonds. The Morgan fingerprint density at radius 2 is 2.04 bits per heavy atom. The third-order valence-electron chi connectivity index (χ3n) is 4.71. The number of allylic oxidation sites excluding steroid dienone is 1. The minimum Gasteiger partial charge on any atom is -0.379 e. The number of ether oxygens (including phenoxy) is 1. The van der Waals surface area contributed by atoms with Gasteiger partial charge in [-0.3, -0.25) is 14.3 Å². The Balaban J connectivity index is 1.62. The van der Waals surface area contributed by atoms with E-state index < -0.39 is 0 Å². The monoisotopic (exact) mass is 413 g/mol. The Morgan fingerprint density at radius 1 is 1.25 bits per heavy atom. The molecule has 0 radical (unpaired) electrons. The van der Waals surface area contributed by atoms with E-state index in [9.17, 15) is 4.79 Å². The highest BCUT2D eigenvalue weighted by molar-refractivity contribution is 7.99. The quantitative estimate of drug-likeness (QED) is 0.336. The normalized spacial score (nSPS) is 15.1. The van der Waals surface area contributed by atoms with Gasteiger partial charge in [-0.05, 0) is 11.6 Å². The fourth-order valence-electron chi connectivity index (χ4n) is 3.23. The minimum atomic E-state index is 0.0194. The number of thioether (sulfide) groups is 1. The lowest BCUT2D eigenvalue weighted by atomic mass is 10.2. The van der Waals surface area contributed by atoms with Crippen molar-refractivity contribution in [1.29, 1.82) is 0 Å². The Kier molecular flexibility index (Phi) is 6.26. The molecule has 0 saturated carbocycles. The number of rotatable bonds is 7. The molecule has 3 aromatic rings. The first kappa shape index (κ1) is 19.4. The van der Waals surface area contributed by atoms with Gasteiger partial charge in [0.1, 0.15) is 4.70 Å². The summed E-state index contributed by atoms with van der Waals surface area (Å²) < 4.78 is 7.85. The topological polar surface area (TPSA) is 47.4 Å². The van der Waals surface area contributed by atoms with Crippen molar-refractivity contribution in [2.45, 2.75) is 11.7 Å². The second kappa shape index (κ2) is 9.05. The Hall–Kier alpha value is -1.93. The van der Waals surface area contributed by atoms with Gasteiger partial charge in [-0.25, -0.2) is 4.98 Å². The van der Waals surface area contributed by atoms with Crippen molar-refractivity contribution < 1.29 is 4.74 Å². The molecule has 0 N–H and O–H groups in total. The van der Waals surface area contributed by atoms with E-state index in [2.05, 4.69) is 23.6 Å². The van der Waals surface area contributed by atoms with Crippen molar-refractivity contribution in [2.24, 2.45) is 0 Å². The molecule has 1 aliphatic heterocycles. The van der Waals surface area contributed by atoms with E-state index >= 15 is 0 Å². The molecule has 2 aromatic heterocycles. The molecule has 1 fully saturated rings. The lowest BCUT2D eigenvalue weighted by molar-refractivity contribution is 0.0410. The average molecular weight is 414 g/mol. The molecular weight excluding hydrogens is 390 g/mol. The number of hydrogen-bond acceptors (Lipinski definition) is 6. The zero-order valence-electron chi connectivity index (χ0n) is 15.7. The summed E-state index contributed by atoms with van der Waals surface area (Å²) in [5.41, 5.74) is 1.91. The van der Waals surface area contributed by atoms with E-state index in [1.54, 1.807) is 22.4 Å². The number of morpholine rings is 1. The van der Waals surface area contributed by atoms with Gasteiger partial charge in [0.2, 0.25) is 0 Å². The molecule has 3 heterocycles. The van der Waals surface area contributed by atoms with Crippen LogP contribution in [-0.4, -0.2) is 53.1 Å². The van der Waals surface area contributed by atoms with Gasteiger partial charge >= 0.3 is 0 Å². The molecule has 4 rings (SSSR count). The largest absolute Gasteiger partial charge is 0.379 e. The molecule has 0 bridgehead atoms. The van der Waals surface area contributed by atoms with Crippen LogP contribution in [0.4, 0.5) is 0 Å². The minimum absolute atomic E-state index is 0.0194. The SMILES string of the molecule is C=CCn1c(SCCN2CCOCC2)nc2cc(-c3ccccc3)sc2c1=O. The van der Waals surface area contributed by atoms with E-state index in [4.69, 9.17) is 9.72 Å². The third-order valence-corrected chi connectivity index (χ3v) is 6.83. The molecule has 0 spiro atoms. The Bertz CT molecular complexity index is 1010. The summed E-state index contributed by atoms with van der Waals surface area (Å²) in [6, 6.07) is 12.2. The number of nitrogens with zero attached hydrogens (tertiary/aromatic N) is 3. The van der Waals surface area contributed by atoms with E-state index in [1.807, 2.05) is 24.3 Å². The van der Waals surface area contributed by atoms with Crippen LogP contribution < -0.4 is 5.56 Å². The molecule has 146 valence electrons.